The minimum atomic E-state index is -0.623. The maximum atomic E-state index is 13.7. The van der Waals surface area contributed by atoms with E-state index < -0.39 is 11.6 Å². The molecule has 4 N–H and O–H groups in total. The summed E-state index contributed by atoms with van der Waals surface area (Å²) in [6.45, 7) is 0. The number of nitrogens with zero attached hydrogens (tertiary/aromatic N) is 2. The molecule has 0 aromatic carbocycles. The second-order valence-corrected chi connectivity index (χ2v) is 12.6. The number of likely N-dealkylation sites (N-methyl/N-ethyl adjacent to an activating group) is 2. The summed E-state index contributed by atoms with van der Waals surface area (Å²) in [6.07, 6.45) is 10.3. The highest BCUT2D eigenvalue weighted by molar-refractivity contribution is 5.84. The fourth-order valence-corrected chi connectivity index (χ4v) is 9.18. The van der Waals surface area contributed by atoms with E-state index in [1.807, 2.05) is 19.0 Å². The van der Waals surface area contributed by atoms with Crippen LogP contribution in [0.4, 0.5) is 0 Å². The van der Waals surface area contributed by atoms with Crippen molar-refractivity contribution in [2.45, 2.75) is 106 Å². The van der Waals surface area contributed by atoms with E-state index in [0.717, 1.165) is 64.2 Å². The lowest BCUT2D eigenvalue weighted by molar-refractivity contribution is -0.209. The van der Waals surface area contributed by atoms with Crippen molar-refractivity contribution >= 4 is 11.9 Å². The first kappa shape index (κ1) is 22.8. The number of nitrogens with one attached hydrogen (secondary N) is 2. The van der Waals surface area contributed by atoms with Crippen LogP contribution in [0.25, 0.3) is 0 Å². The molecule has 4 bridgehead atoms. The number of likely N-dealkylation sites (tertiary alicyclic amines) is 1. The van der Waals surface area contributed by atoms with Crippen LogP contribution < -0.4 is 16.4 Å². The molecule has 7 atom stereocenters. The third-order valence-corrected chi connectivity index (χ3v) is 10.6. The fourth-order valence-electron chi connectivity index (χ4n) is 9.18. The highest BCUT2D eigenvalue weighted by Crippen LogP contribution is 2.64. The Labute approximate surface area is 202 Å². The van der Waals surface area contributed by atoms with E-state index in [-0.39, 0.29) is 41.0 Å². The van der Waals surface area contributed by atoms with Crippen LogP contribution in [0.15, 0.2) is 0 Å². The molecule has 8 heteroatoms. The third-order valence-electron chi connectivity index (χ3n) is 10.6. The Balaban J connectivity index is 1.23. The van der Waals surface area contributed by atoms with Crippen molar-refractivity contribution in [3.63, 3.8) is 0 Å². The van der Waals surface area contributed by atoms with E-state index in [1.165, 1.54) is 0 Å². The van der Waals surface area contributed by atoms with Crippen LogP contribution >= 0.6 is 0 Å². The van der Waals surface area contributed by atoms with Gasteiger partial charge in [-0.3, -0.25) is 9.59 Å². The van der Waals surface area contributed by atoms with Crippen LogP contribution in [-0.2, 0) is 14.3 Å². The molecular formula is C26H39N5O3. The maximum Gasteiger partial charge on any atom is 0.325 e. The Morgan fingerprint density at radius 2 is 1.82 bits per heavy atom. The number of rotatable bonds is 7. The zero-order valence-electron chi connectivity index (χ0n) is 20.5. The first-order valence-electron chi connectivity index (χ1n) is 13.3. The second kappa shape index (κ2) is 7.65. The van der Waals surface area contributed by atoms with Crippen LogP contribution in [0.5, 0.6) is 0 Å². The largest absolute Gasteiger partial charge is 0.458 e. The fraction of sp³-hybridized carbons (Fsp3) is 0.885. The van der Waals surface area contributed by atoms with E-state index >= 15 is 0 Å². The minimum Gasteiger partial charge on any atom is -0.458 e. The minimum absolute atomic E-state index is 0.0447. The van der Waals surface area contributed by atoms with E-state index in [2.05, 4.69) is 16.7 Å². The molecule has 0 spiro atoms. The van der Waals surface area contributed by atoms with Crippen molar-refractivity contribution in [1.29, 1.82) is 5.26 Å². The Kier molecular flexibility index (Phi) is 5.12. The summed E-state index contributed by atoms with van der Waals surface area (Å²) in [5, 5.41) is 16.2. The molecule has 7 fully saturated rings. The van der Waals surface area contributed by atoms with Crippen molar-refractivity contribution in [2.24, 2.45) is 28.9 Å². The average Bonchev–Trinajstić information content (AvgIpc) is 3.43. The summed E-state index contributed by atoms with van der Waals surface area (Å²) in [7, 11) is 3.77. The van der Waals surface area contributed by atoms with Crippen LogP contribution in [-0.4, -0.2) is 66.2 Å². The lowest BCUT2D eigenvalue weighted by atomic mass is 9.46. The molecule has 8 nitrogen and oxygen atoms in total. The molecule has 34 heavy (non-hydrogen) atoms. The Morgan fingerprint density at radius 1 is 1.12 bits per heavy atom. The summed E-state index contributed by atoms with van der Waals surface area (Å²) >= 11 is 0. The normalized spacial score (nSPS) is 44.5. The lowest BCUT2D eigenvalue weighted by Gasteiger charge is -2.63. The molecule has 6 saturated carbocycles. The van der Waals surface area contributed by atoms with Gasteiger partial charge in [-0.05, 0) is 108 Å². The molecule has 1 amide bonds. The van der Waals surface area contributed by atoms with Gasteiger partial charge in [-0.15, -0.1) is 0 Å². The highest BCUT2D eigenvalue weighted by Gasteiger charge is 2.64. The van der Waals surface area contributed by atoms with Crippen molar-refractivity contribution < 1.29 is 14.3 Å². The standard InChI is InChI=1S/C26H39N5O3/c1-29-21(26(30-2)4-3-5-26)23(33)34-25-11-15-6-16(12-25)10-24(9-15,14-25)20(28)22(32)31-18(13-27)7-17-8-19(17)31/h15-21,29-30H,3-12,14,28H2,1-2H3. The summed E-state index contributed by atoms with van der Waals surface area (Å²) in [4.78, 5) is 29.0. The van der Waals surface area contributed by atoms with E-state index in [1.54, 1.807) is 0 Å². The zero-order valence-corrected chi connectivity index (χ0v) is 20.5. The third kappa shape index (κ3) is 3.19. The van der Waals surface area contributed by atoms with Gasteiger partial charge in [0.1, 0.15) is 17.7 Å². The van der Waals surface area contributed by atoms with Gasteiger partial charge in [-0.1, -0.05) is 0 Å². The zero-order chi connectivity index (χ0) is 23.9. The van der Waals surface area contributed by atoms with E-state index in [4.69, 9.17) is 10.5 Å². The molecular weight excluding hydrogens is 430 g/mol. The molecule has 0 aromatic rings. The van der Waals surface area contributed by atoms with Crippen LogP contribution in [0.3, 0.4) is 0 Å². The molecule has 186 valence electrons. The highest BCUT2D eigenvalue weighted by atomic mass is 16.6. The number of hydrogen-bond donors (Lipinski definition) is 3. The number of nitriles is 1. The first-order chi connectivity index (χ1) is 16.3. The van der Waals surface area contributed by atoms with Gasteiger partial charge in [0.15, 0.2) is 0 Å². The Morgan fingerprint density at radius 3 is 2.38 bits per heavy atom. The maximum absolute atomic E-state index is 13.7. The lowest BCUT2D eigenvalue weighted by Crippen LogP contribution is -2.68. The molecule has 7 aliphatic rings. The van der Waals surface area contributed by atoms with Crippen LogP contribution in [0, 0.1) is 34.5 Å². The summed E-state index contributed by atoms with van der Waals surface area (Å²) in [6, 6.07) is 1.21. The molecule has 0 aromatic heterocycles. The van der Waals surface area contributed by atoms with Gasteiger partial charge in [-0.25, -0.2) is 0 Å². The molecule has 0 radical (unpaired) electrons. The quantitative estimate of drug-likeness (QED) is 0.483. The molecule has 7 unspecified atom stereocenters. The van der Waals surface area contributed by atoms with Gasteiger partial charge in [0.2, 0.25) is 5.91 Å². The molecule has 1 heterocycles. The van der Waals surface area contributed by atoms with Gasteiger partial charge in [-0.2, -0.15) is 5.26 Å². The topological polar surface area (TPSA) is 120 Å². The number of carbonyl (C=O) groups excluding carboxylic acids is 2. The van der Waals surface area contributed by atoms with Gasteiger partial charge in [0, 0.05) is 11.6 Å². The Bertz CT molecular complexity index is 906. The number of nitrogens with two attached hydrogens (primary N) is 1. The number of amides is 1. The summed E-state index contributed by atoms with van der Waals surface area (Å²) in [5.41, 5.74) is 5.74. The second-order valence-electron chi connectivity index (χ2n) is 12.6. The van der Waals surface area contributed by atoms with Crippen molar-refractivity contribution in [3.05, 3.63) is 0 Å². The number of esters is 1. The van der Waals surface area contributed by atoms with Gasteiger partial charge < -0.3 is 26.0 Å². The predicted molar refractivity (Wildman–Crippen MR) is 125 cm³/mol. The monoisotopic (exact) mass is 469 g/mol. The number of piperidine rings is 1. The number of hydrogen-bond acceptors (Lipinski definition) is 7. The average molecular weight is 470 g/mol. The summed E-state index contributed by atoms with van der Waals surface area (Å²) in [5.74, 6) is 1.16. The number of ether oxygens (including phenoxy) is 1. The summed E-state index contributed by atoms with van der Waals surface area (Å²) < 4.78 is 6.47. The molecule has 7 rings (SSSR count). The van der Waals surface area contributed by atoms with Crippen molar-refractivity contribution in [3.8, 4) is 6.07 Å². The van der Waals surface area contributed by atoms with E-state index in [0.29, 0.717) is 24.2 Å². The van der Waals surface area contributed by atoms with Crippen LogP contribution in [0.2, 0.25) is 0 Å². The Hall–Kier alpha value is -1.69. The molecule has 6 aliphatic carbocycles. The van der Waals surface area contributed by atoms with Crippen molar-refractivity contribution in [1.82, 2.24) is 15.5 Å². The van der Waals surface area contributed by atoms with Gasteiger partial charge >= 0.3 is 5.97 Å². The van der Waals surface area contributed by atoms with Crippen molar-refractivity contribution in [2.75, 3.05) is 14.1 Å². The molecule has 1 saturated heterocycles. The SMILES string of the molecule is CNC(C(=O)OC12CC3CC(C1)CC(C(N)C(=O)N1C(C#N)CC4CC41)(C3)C2)C1(NC)CCC1. The van der Waals surface area contributed by atoms with Gasteiger partial charge in [0.25, 0.3) is 0 Å². The number of carbonyl (C=O) groups is 2. The van der Waals surface area contributed by atoms with Crippen LogP contribution in [0.1, 0.15) is 70.6 Å². The predicted octanol–water partition coefficient (Wildman–Crippen LogP) is 1.44. The van der Waals surface area contributed by atoms with Gasteiger partial charge in [0.05, 0.1) is 12.1 Å². The van der Waals surface area contributed by atoms with E-state index in [9.17, 15) is 14.9 Å². The first-order valence-corrected chi connectivity index (χ1v) is 13.3. The molecule has 1 aliphatic heterocycles. The number of fused-ring (bicyclic) bond motifs is 1. The smallest absolute Gasteiger partial charge is 0.325 e.